The summed E-state index contributed by atoms with van der Waals surface area (Å²) in [6.45, 7) is 9.95. The second kappa shape index (κ2) is 13.6. The third-order valence-electron chi connectivity index (χ3n) is 18.1. The largest absolute Gasteiger partial charge is 0.113 e. The summed E-state index contributed by atoms with van der Waals surface area (Å²) in [6.07, 6.45) is 16.3. The van der Waals surface area contributed by atoms with Crippen molar-refractivity contribution in [2.75, 3.05) is 0 Å². The first kappa shape index (κ1) is 39.3. The van der Waals surface area contributed by atoms with Crippen LogP contribution in [0.1, 0.15) is 71.9 Å². The predicted molar refractivity (Wildman–Crippen MR) is 301 cm³/mol. The molecule has 0 saturated heterocycles. The Hall–Kier alpha value is -7.58. The third kappa shape index (κ3) is 4.91. The molecule has 6 aliphatic rings. The van der Waals surface area contributed by atoms with Crippen molar-refractivity contribution < 1.29 is 0 Å². The fraction of sp³-hybridized carbons (Fsp3) is 0.130. The Morgan fingerprint density at radius 1 is 0.443 bits per heavy atom. The summed E-state index contributed by atoms with van der Waals surface area (Å²) in [7, 11) is -2.08. The van der Waals surface area contributed by atoms with Crippen LogP contribution in [-0.4, -0.2) is 8.07 Å². The lowest BCUT2D eigenvalue weighted by Gasteiger charge is -2.24. The zero-order chi connectivity index (χ0) is 46.4. The first-order valence-electron chi connectivity index (χ1n) is 25.6. The van der Waals surface area contributed by atoms with Crippen molar-refractivity contribution in [1.29, 1.82) is 0 Å². The van der Waals surface area contributed by atoms with E-state index in [0.717, 1.165) is 12.8 Å². The van der Waals surface area contributed by atoms with E-state index in [4.69, 9.17) is 0 Å². The van der Waals surface area contributed by atoms with Gasteiger partial charge in [0.2, 0.25) is 0 Å². The quantitative estimate of drug-likeness (QED) is 0.122. The van der Waals surface area contributed by atoms with E-state index < -0.39 is 8.07 Å². The van der Waals surface area contributed by atoms with Gasteiger partial charge in [0.1, 0.15) is 8.07 Å². The molecule has 1 aliphatic heterocycles. The molecular formula is C69H50Si. The zero-order valence-corrected chi connectivity index (χ0v) is 41.0. The van der Waals surface area contributed by atoms with E-state index >= 15 is 0 Å². The molecule has 0 saturated carbocycles. The van der Waals surface area contributed by atoms with Crippen LogP contribution in [0.25, 0.3) is 110 Å². The van der Waals surface area contributed by atoms with Gasteiger partial charge in [-0.2, -0.15) is 0 Å². The van der Waals surface area contributed by atoms with Crippen molar-refractivity contribution in [3.05, 3.63) is 228 Å². The van der Waals surface area contributed by atoms with Crippen LogP contribution in [-0.2, 0) is 5.41 Å². The SMILES string of the molecule is CC1(C)c2ccccc2-c2ccc(-c3ccc4c(-c5ccc6c7c(cccc57)C5C=CC=CC65)c5cc6c(cc5c(-c5ccc7c8c(cccc58)C5=C7C=CCC5)c4c3)[Si](C)(C)c3ccccc3-6)cc21. The van der Waals surface area contributed by atoms with Gasteiger partial charge in [-0.25, -0.2) is 0 Å². The lowest BCUT2D eigenvalue weighted by atomic mass is 9.80. The highest BCUT2D eigenvalue weighted by molar-refractivity contribution is 7.04. The molecule has 0 nitrogen and oxygen atoms in total. The van der Waals surface area contributed by atoms with E-state index in [1.165, 1.54) is 143 Å². The van der Waals surface area contributed by atoms with E-state index in [0.29, 0.717) is 11.8 Å². The number of hydrogen-bond acceptors (Lipinski definition) is 0. The summed E-state index contributed by atoms with van der Waals surface area (Å²) in [6, 6.07) is 62.6. The van der Waals surface area contributed by atoms with Crippen molar-refractivity contribution >= 4 is 72.7 Å². The van der Waals surface area contributed by atoms with Crippen LogP contribution in [0.15, 0.2) is 194 Å². The molecule has 5 aliphatic carbocycles. The number of hydrogen-bond donors (Lipinski definition) is 0. The molecule has 10 aromatic rings. The Kier molecular flexibility index (Phi) is 7.63. The van der Waals surface area contributed by atoms with Gasteiger partial charge in [0, 0.05) is 17.3 Å². The topological polar surface area (TPSA) is 0 Å². The van der Waals surface area contributed by atoms with Crippen LogP contribution >= 0.6 is 0 Å². The minimum Gasteiger partial charge on any atom is -0.0836 e. The van der Waals surface area contributed by atoms with Gasteiger partial charge in [-0.15, -0.1) is 0 Å². The first-order valence-corrected chi connectivity index (χ1v) is 28.6. The van der Waals surface area contributed by atoms with Gasteiger partial charge in [0.25, 0.3) is 0 Å². The third-order valence-corrected chi connectivity index (χ3v) is 21.6. The number of rotatable bonds is 3. The van der Waals surface area contributed by atoms with Crippen molar-refractivity contribution in [3.8, 4) is 55.6 Å². The summed E-state index contributed by atoms with van der Waals surface area (Å²) in [5, 5.41) is 14.0. The number of benzene rings is 10. The van der Waals surface area contributed by atoms with Gasteiger partial charge in [-0.1, -0.05) is 203 Å². The molecule has 1 heterocycles. The van der Waals surface area contributed by atoms with Gasteiger partial charge in [0.05, 0.1) is 0 Å². The van der Waals surface area contributed by atoms with Crippen LogP contribution in [0.3, 0.4) is 0 Å². The van der Waals surface area contributed by atoms with Crippen LogP contribution in [0.2, 0.25) is 13.1 Å². The second-order valence-corrected chi connectivity index (χ2v) is 26.4. The van der Waals surface area contributed by atoms with Crippen LogP contribution in [0.5, 0.6) is 0 Å². The highest BCUT2D eigenvalue weighted by Crippen LogP contribution is 2.56. The maximum atomic E-state index is 2.69. The van der Waals surface area contributed by atoms with Crippen LogP contribution in [0.4, 0.5) is 0 Å². The highest BCUT2D eigenvalue weighted by Gasteiger charge is 2.40. The fourth-order valence-electron chi connectivity index (χ4n) is 14.8. The summed E-state index contributed by atoms with van der Waals surface area (Å²) >= 11 is 0. The molecule has 0 amide bonds. The Bertz CT molecular complexity index is 4210. The maximum absolute atomic E-state index is 2.69. The second-order valence-electron chi connectivity index (χ2n) is 22.1. The predicted octanol–water partition coefficient (Wildman–Crippen LogP) is 17.3. The summed E-state index contributed by atoms with van der Waals surface area (Å²) in [4.78, 5) is 0. The average molecular weight is 907 g/mol. The van der Waals surface area contributed by atoms with Gasteiger partial charge >= 0.3 is 0 Å². The monoisotopic (exact) mass is 906 g/mol. The lowest BCUT2D eigenvalue weighted by Crippen LogP contribution is -2.49. The average Bonchev–Trinajstić information content (AvgIpc) is 4.06. The van der Waals surface area contributed by atoms with Crippen LogP contribution in [0, 0.1) is 0 Å². The number of allylic oxidation sites excluding steroid dienone is 8. The molecular weight excluding hydrogens is 857 g/mol. The van der Waals surface area contributed by atoms with Crippen molar-refractivity contribution in [3.63, 3.8) is 0 Å². The smallest absolute Gasteiger partial charge is 0.0836 e. The number of fused-ring (bicyclic) bond motifs is 13. The molecule has 0 bridgehead atoms. The standard InChI is InChI=1S/C69H50Si/c1-69(2)61-25-11-9-19-45(61)46-29-27-40(36-62(46)69)39-28-30-56-58(35-39)68(55-34-32-53-44-18-8-6-16-42(44)49-22-14-24-51(55)66(49)53)60-38-64-57(47-20-10-12-26-63(47)70(64,3)4)37-59(60)67(56)54-33-31-52-43-17-7-5-15-41(43)48-21-13-23-50(54)65(48)52/h5,7-15,17-38,41,43H,6,16H2,1-4H3. The summed E-state index contributed by atoms with van der Waals surface area (Å²) < 4.78 is 0. The van der Waals surface area contributed by atoms with Crippen molar-refractivity contribution in [2.24, 2.45) is 0 Å². The first-order chi connectivity index (χ1) is 34.3. The zero-order valence-electron chi connectivity index (χ0n) is 40.0. The molecule has 0 radical (unpaired) electrons. The highest BCUT2D eigenvalue weighted by atomic mass is 28.3. The fourth-order valence-corrected chi connectivity index (χ4v) is 17.9. The van der Waals surface area contributed by atoms with E-state index in [1.807, 2.05) is 0 Å². The maximum Gasteiger partial charge on any atom is 0.113 e. The molecule has 0 spiro atoms. The minimum absolute atomic E-state index is 0.0894. The molecule has 0 N–H and O–H groups in total. The molecule has 2 unspecified atom stereocenters. The molecule has 70 heavy (non-hydrogen) atoms. The molecule has 2 atom stereocenters. The van der Waals surface area contributed by atoms with Gasteiger partial charge in [-0.3, -0.25) is 0 Å². The normalized spacial score (nSPS) is 18.7. The van der Waals surface area contributed by atoms with Gasteiger partial charge < -0.3 is 0 Å². The van der Waals surface area contributed by atoms with Crippen LogP contribution < -0.4 is 10.4 Å². The Balaban J connectivity index is 1.05. The lowest BCUT2D eigenvalue weighted by molar-refractivity contribution is 0.660. The Labute approximate surface area is 410 Å². The molecule has 1 heteroatoms. The van der Waals surface area contributed by atoms with Gasteiger partial charge in [0.15, 0.2) is 0 Å². The molecule has 330 valence electrons. The molecule has 0 aromatic heterocycles. The van der Waals surface area contributed by atoms with Gasteiger partial charge in [-0.05, 0) is 185 Å². The van der Waals surface area contributed by atoms with E-state index in [2.05, 4.69) is 221 Å². The summed E-state index contributed by atoms with van der Waals surface area (Å²) in [5.41, 5.74) is 24.8. The summed E-state index contributed by atoms with van der Waals surface area (Å²) in [5.74, 6) is 0.739. The van der Waals surface area contributed by atoms with E-state index in [1.54, 1.807) is 10.4 Å². The van der Waals surface area contributed by atoms with E-state index in [-0.39, 0.29) is 5.41 Å². The molecule has 10 aromatic carbocycles. The van der Waals surface area contributed by atoms with Crippen molar-refractivity contribution in [2.45, 2.75) is 57.0 Å². The Morgan fingerprint density at radius 3 is 1.93 bits per heavy atom. The van der Waals surface area contributed by atoms with E-state index in [9.17, 15) is 0 Å². The minimum atomic E-state index is -2.08. The molecule has 16 rings (SSSR count). The molecule has 0 fully saturated rings. The Morgan fingerprint density at radius 2 is 1.07 bits per heavy atom. The van der Waals surface area contributed by atoms with Crippen molar-refractivity contribution in [1.82, 2.24) is 0 Å².